The van der Waals surface area contributed by atoms with Crippen molar-refractivity contribution in [2.75, 3.05) is 25.6 Å². The van der Waals surface area contributed by atoms with E-state index in [1.165, 1.54) is 66.2 Å². The zero-order chi connectivity index (χ0) is 29.6. The number of benzene rings is 2. The summed E-state index contributed by atoms with van der Waals surface area (Å²) in [5, 5.41) is 7.94. The highest BCUT2D eigenvalue weighted by atomic mass is 32.1. The van der Waals surface area contributed by atoms with Gasteiger partial charge >= 0.3 is 6.18 Å². The number of aryl methyl sites for hydroxylation is 2. The molecule has 2 aromatic heterocycles. The first-order valence-corrected chi connectivity index (χ1v) is 14.1. The number of alkyl halides is 3. The van der Waals surface area contributed by atoms with Crippen molar-refractivity contribution in [2.45, 2.75) is 32.5 Å². The van der Waals surface area contributed by atoms with Gasteiger partial charge in [0.15, 0.2) is 11.2 Å². The molecule has 2 N–H and O–H groups in total. The quantitative estimate of drug-likeness (QED) is 0.200. The number of anilines is 1. The second-order valence-electron chi connectivity index (χ2n) is 8.98. The minimum absolute atomic E-state index is 0.0829. The molecule has 216 valence electrons. The largest absolute Gasteiger partial charge is 0.491 e. The van der Waals surface area contributed by atoms with Crippen LogP contribution in [0.15, 0.2) is 53.9 Å². The van der Waals surface area contributed by atoms with Gasteiger partial charge in [0.25, 0.3) is 5.91 Å². The summed E-state index contributed by atoms with van der Waals surface area (Å²) < 4.78 is 52.1. The topological polar surface area (TPSA) is 102 Å². The standard InChI is InChI=1S/C28H27F3N4O4S2/c1-16-24(41-17(2)32-16)22-15-40-27(33-22)34-23(36)13-18-11-20(14-21(12-18)39-10-9-38-3)26(37)35-25(28(29,30)31)19-7-5-4-6-8-19/h4-8,11-12,14-15,25H,9-10,13H2,1-3H3,(H,35,37)(H,33,34,36)/t25-/m1/s1. The molecular weight excluding hydrogens is 577 g/mol. The van der Waals surface area contributed by atoms with Gasteiger partial charge in [-0.3, -0.25) is 9.59 Å². The van der Waals surface area contributed by atoms with Crippen LogP contribution in [-0.2, 0) is 16.0 Å². The Balaban J connectivity index is 1.53. The monoisotopic (exact) mass is 604 g/mol. The van der Waals surface area contributed by atoms with Crippen molar-refractivity contribution in [3.63, 3.8) is 0 Å². The number of carbonyl (C=O) groups is 2. The fraction of sp³-hybridized carbons (Fsp3) is 0.286. The maximum absolute atomic E-state index is 13.8. The highest BCUT2D eigenvalue weighted by Crippen LogP contribution is 2.34. The molecule has 4 rings (SSSR count). The van der Waals surface area contributed by atoms with E-state index < -0.39 is 24.0 Å². The third-order valence-electron chi connectivity index (χ3n) is 5.77. The zero-order valence-corrected chi connectivity index (χ0v) is 24.0. The molecule has 0 spiro atoms. The van der Waals surface area contributed by atoms with E-state index in [0.717, 1.165) is 15.6 Å². The average Bonchev–Trinajstić information content (AvgIpc) is 3.51. The molecule has 2 heterocycles. The van der Waals surface area contributed by atoms with Crippen LogP contribution in [0.2, 0.25) is 0 Å². The second-order valence-corrected chi connectivity index (χ2v) is 11.0. The summed E-state index contributed by atoms with van der Waals surface area (Å²) in [6.07, 6.45) is -4.90. The van der Waals surface area contributed by atoms with Crippen molar-refractivity contribution in [3.8, 4) is 16.3 Å². The molecule has 8 nitrogen and oxygen atoms in total. The van der Waals surface area contributed by atoms with Gasteiger partial charge in [-0.05, 0) is 43.2 Å². The molecule has 0 saturated carbocycles. The molecule has 0 aliphatic rings. The Morgan fingerprint density at radius 1 is 1.05 bits per heavy atom. The van der Waals surface area contributed by atoms with Crippen molar-refractivity contribution < 1.29 is 32.2 Å². The lowest BCUT2D eigenvalue weighted by molar-refractivity contribution is -0.155. The highest BCUT2D eigenvalue weighted by Gasteiger charge is 2.42. The van der Waals surface area contributed by atoms with E-state index in [0.29, 0.717) is 16.4 Å². The van der Waals surface area contributed by atoms with Gasteiger partial charge in [-0.25, -0.2) is 9.97 Å². The molecule has 1 atom stereocenters. The number of nitrogens with zero attached hydrogens (tertiary/aromatic N) is 2. The van der Waals surface area contributed by atoms with Crippen LogP contribution in [0.25, 0.3) is 10.6 Å². The lowest BCUT2D eigenvalue weighted by atomic mass is 10.0. The van der Waals surface area contributed by atoms with Crippen LogP contribution < -0.4 is 15.4 Å². The number of thiazole rings is 2. The Bertz CT molecular complexity index is 1510. The Morgan fingerprint density at radius 2 is 1.80 bits per heavy atom. The number of rotatable bonds is 11. The number of nitrogens with one attached hydrogen (secondary N) is 2. The number of carbonyl (C=O) groups excluding carboxylic acids is 2. The first-order chi connectivity index (χ1) is 19.5. The molecule has 13 heteroatoms. The van der Waals surface area contributed by atoms with Crippen LogP contribution in [0.5, 0.6) is 5.75 Å². The molecule has 0 radical (unpaired) electrons. The van der Waals surface area contributed by atoms with Crippen molar-refractivity contribution >= 4 is 39.6 Å². The summed E-state index contributed by atoms with van der Waals surface area (Å²) in [5.74, 6) is -1.16. The Kier molecular flexibility index (Phi) is 9.73. The van der Waals surface area contributed by atoms with E-state index in [1.54, 1.807) is 12.1 Å². The smallest absolute Gasteiger partial charge is 0.412 e. The molecule has 4 aromatic rings. The number of methoxy groups -OCH3 is 1. The lowest BCUT2D eigenvalue weighted by Gasteiger charge is -2.22. The predicted octanol–water partition coefficient (Wildman–Crippen LogP) is 6.12. The Labute approximate surface area is 242 Å². The van der Waals surface area contributed by atoms with E-state index in [2.05, 4.69) is 20.6 Å². The molecule has 0 bridgehead atoms. The maximum atomic E-state index is 13.8. The van der Waals surface area contributed by atoms with Gasteiger partial charge in [-0.2, -0.15) is 13.2 Å². The van der Waals surface area contributed by atoms with E-state index in [-0.39, 0.29) is 36.5 Å². The van der Waals surface area contributed by atoms with Crippen LogP contribution in [0, 0.1) is 13.8 Å². The van der Waals surface area contributed by atoms with E-state index in [9.17, 15) is 22.8 Å². The Hall–Kier alpha value is -3.81. The summed E-state index contributed by atoms with van der Waals surface area (Å²) in [6.45, 7) is 4.19. The number of amides is 2. The highest BCUT2D eigenvalue weighted by molar-refractivity contribution is 7.16. The number of hydrogen-bond donors (Lipinski definition) is 2. The molecule has 0 fully saturated rings. The first kappa shape index (κ1) is 30.2. The number of ether oxygens (including phenoxy) is 2. The molecular formula is C28H27F3N4O4S2. The van der Waals surface area contributed by atoms with Crippen molar-refractivity contribution in [1.82, 2.24) is 15.3 Å². The predicted molar refractivity (Wildman–Crippen MR) is 152 cm³/mol. The normalized spacial score (nSPS) is 12.1. The number of aromatic nitrogens is 2. The summed E-state index contributed by atoms with van der Waals surface area (Å²) >= 11 is 2.77. The molecule has 2 aromatic carbocycles. The minimum atomic E-state index is -4.73. The number of hydrogen-bond acceptors (Lipinski definition) is 8. The molecule has 0 unspecified atom stereocenters. The molecule has 0 aliphatic carbocycles. The maximum Gasteiger partial charge on any atom is 0.412 e. The van der Waals surface area contributed by atoms with Crippen LogP contribution in [0.3, 0.4) is 0 Å². The van der Waals surface area contributed by atoms with Gasteiger partial charge in [0.05, 0.1) is 34.3 Å². The molecule has 0 aliphatic heterocycles. The minimum Gasteiger partial charge on any atom is -0.491 e. The van der Waals surface area contributed by atoms with Crippen LogP contribution in [-0.4, -0.2) is 48.3 Å². The fourth-order valence-corrected chi connectivity index (χ4v) is 5.66. The van der Waals surface area contributed by atoms with Crippen LogP contribution in [0.4, 0.5) is 18.3 Å². The first-order valence-electron chi connectivity index (χ1n) is 12.4. The van der Waals surface area contributed by atoms with Crippen molar-refractivity contribution in [2.24, 2.45) is 0 Å². The fourth-order valence-electron chi connectivity index (χ4n) is 3.99. The van der Waals surface area contributed by atoms with E-state index in [4.69, 9.17) is 9.47 Å². The van der Waals surface area contributed by atoms with Crippen LogP contribution in [0.1, 0.15) is 38.2 Å². The summed E-state index contributed by atoms with van der Waals surface area (Å²) in [7, 11) is 1.49. The molecule has 2 amide bonds. The van der Waals surface area contributed by atoms with Crippen LogP contribution >= 0.6 is 22.7 Å². The van der Waals surface area contributed by atoms with Gasteiger partial charge in [0, 0.05) is 18.1 Å². The van der Waals surface area contributed by atoms with Crippen molar-refractivity contribution in [3.05, 3.63) is 81.3 Å². The number of halogens is 3. The van der Waals surface area contributed by atoms with Gasteiger partial charge in [-0.15, -0.1) is 22.7 Å². The van der Waals surface area contributed by atoms with Gasteiger partial charge in [0.1, 0.15) is 12.4 Å². The second kappa shape index (κ2) is 13.2. The SMILES string of the molecule is COCCOc1cc(CC(=O)Nc2nc(-c3sc(C)nc3C)cs2)cc(C(=O)N[C@H](c2ccccc2)C(F)(F)F)c1. The van der Waals surface area contributed by atoms with Gasteiger partial charge in [-0.1, -0.05) is 30.3 Å². The molecule has 41 heavy (non-hydrogen) atoms. The van der Waals surface area contributed by atoms with E-state index in [1.807, 2.05) is 19.2 Å². The summed E-state index contributed by atoms with van der Waals surface area (Å²) in [5.41, 5.74) is 1.74. The van der Waals surface area contributed by atoms with Gasteiger partial charge in [0.2, 0.25) is 5.91 Å². The van der Waals surface area contributed by atoms with E-state index >= 15 is 0 Å². The summed E-state index contributed by atoms with van der Waals surface area (Å²) in [6, 6.07) is 9.14. The van der Waals surface area contributed by atoms with Gasteiger partial charge < -0.3 is 20.1 Å². The summed E-state index contributed by atoms with van der Waals surface area (Å²) in [4.78, 5) is 35.7. The lowest BCUT2D eigenvalue weighted by Crippen LogP contribution is -2.38. The average molecular weight is 605 g/mol. The Morgan fingerprint density at radius 3 is 2.46 bits per heavy atom. The van der Waals surface area contributed by atoms with Crippen molar-refractivity contribution in [1.29, 1.82) is 0 Å². The molecule has 0 saturated heterocycles. The third kappa shape index (κ3) is 8.12. The zero-order valence-electron chi connectivity index (χ0n) is 22.4. The third-order valence-corrected chi connectivity index (χ3v) is 7.62.